The van der Waals surface area contributed by atoms with E-state index in [9.17, 15) is 18.5 Å². The van der Waals surface area contributed by atoms with Gasteiger partial charge >= 0.3 is 0 Å². The summed E-state index contributed by atoms with van der Waals surface area (Å²) in [5.41, 5.74) is 1.46. The number of fused-ring (bicyclic) bond motifs is 1. The first-order valence-electron chi connectivity index (χ1n) is 9.74. The highest BCUT2D eigenvalue weighted by Crippen LogP contribution is 2.33. The van der Waals surface area contributed by atoms with Crippen LogP contribution in [0.15, 0.2) is 65.6 Å². The highest BCUT2D eigenvalue weighted by Gasteiger charge is 2.23. The van der Waals surface area contributed by atoms with Gasteiger partial charge in [-0.1, -0.05) is 11.6 Å². The van der Waals surface area contributed by atoms with E-state index in [0.717, 1.165) is 4.31 Å². The van der Waals surface area contributed by atoms with Crippen LogP contribution in [0.2, 0.25) is 5.02 Å². The monoisotopic (exact) mass is 490 g/mol. The van der Waals surface area contributed by atoms with E-state index < -0.39 is 14.9 Å². The molecule has 0 saturated heterocycles. The molecule has 1 heterocycles. The molecule has 0 radical (unpaired) electrons. The van der Waals surface area contributed by atoms with Gasteiger partial charge in [0.05, 0.1) is 22.1 Å². The Morgan fingerprint density at radius 3 is 2.48 bits per heavy atom. The van der Waals surface area contributed by atoms with E-state index in [2.05, 4.69) is 0 Å². The molecule has 3 aromatic rings. The van der Waals surface area contributed by atoms with Crippen LogP contribution in [-0.4, -0.2) is 27.2 Å². The lowest BCUT2D eigenvalue weighted by Gasteiger charge is -2.21. The fourth-order valence-corrected chi connectivity index (χ4v) is 4.63. The molecule has 9 nitrogen and oxygen atoms in total. The molecule has 172 valence electrons. The quantitative estimate of drug-likeness (QED) is 0.354. The van der Waals surface area contributed by atoms with Crippen molar-refractivity contribution in [1.29, 1.82) is 0 Å². The molecule has 0 saturated carbocycles. The highest BCUT2D eigenvalue weighted by atomic mass is 35.5. The molecular formula is C22H19ClN2O7S. The van der Waals surface area contributed by atoms with Crippen LogP contribution in [0.25, 0.3) is 0 Å². The number of anilines is 1. The summed E-state index contributed by atoms with van der Waals surface area (Å²) in [6, 6.07) is 15.2. The number of sulfonamides is 1. The van der Waals surface area contributed by atoms with Gasteiger partial charge in [-0.15, -0.1) is 0 Å². The Balaban J connectivity index is 1.50. The minimum atomic E-state index is -3.76. The van der Waals surface area contributed by atoms with Crippen LogP contribution in [0, 0.1) is 10.1 Å². The number of hydrogen-bond donors (Lipinski definition) is 0. The molecule has 3 aromatic carbocycles. The van der Waals surface area contributed by atoms with Gasteiger partial charge in [-0.2, -0.15) is 0 Å². The van der Waals surface area contributed by atoms with Crippen molar-refractivity contribution in [3.05, 3.63) is 86.9 Å². The summed E-state index contributed by atoms with van der Waals surface area (Å²) in [4.78, 5) is 10.9. The van der Waals surface area contributed by atoms with Crippen molar-refractivity contribution < 1.29 is 27.6 Å². The fraction of sp³-hybridized carbons (Fsp3) is 0.182. The van der Waals surface area contributed by atoms with Crippen molar-refractivity contribution in [2.24, 2.45) is 0 Å². The van der Waals surface area contributed by atoms with E-state index in [1.165, 1.54) is 43.4 Å². The first kappa shape index (κ1) is 22.8. The Morgan fingerprint density at radius 1 is 1.12 bits per heavy atom. The maximum atomic E-state index is 12.8. The molecule has 0 fully saturated rings. The fourth-order valence-electron chi connectivity index (χ4n) is 3.31. The molecular weight excluding hydrogens is 472 g/mol. The second-order valence-electron chi connectivity index (χ2n) is 7.17. The molecule has 1 aliphatic rings. The van der Waals surface area contributed by atoms with Crippen LogP contribution in [0.5, 0.6) is 11.5 Å². The molecule has 4 rings (SSSR count). The number of non-ortho nitro benzene ring substituents is 1. The van der Waals surface area contributed by atoms with E-state index >= 15 is 0 Å². The lowest BCUT2D eigenvalue weighted by molar-refractivity contribution is -0.385. The third kappa shape index (κ3) is 4.87. The van der Waals surface area contributed by atoms with E-state index in [1.807, 2.05) is 0 Å². The third-order valence-electron chi connectivity index (χ3n) is 5.05. The zero-order valence-electron chi connectivity index (χ0n) is 17.4. The van der Waals surface area contributed by atoms with Crippen LogP contribution in [0.3, 0.4) is 0 Å². The number of ether oxygens (including phenoxy) is 3. The smallest absolute Gasteiger partial charge is 0.270 e. The van der Waals surface area contributed by atoms with Gasteiger partial charge in [0.1, 0.15) is 18.1 Å². The predicted molar refractivity (Wildman–Crippen MR) is 121 cm³/mol. The zero-order valence-corrected chi connectivity index (χ0v) is 19.0. The average Bonchev–Trinajstić information content (AvgIpc) is 2.82. The molecule has 11 heteroatoms. The molecule has 0 spiro atoms. The number of nitro groups is 1. The molecule has 0 amide bonds. The lowest BCUT2D eigenvalue weighted by atomic mass is 10.1. The van der Waals surface area contributed by atoms with Gasteiger partial charge < -0.3 is 14.2 Å². The molecule has 0 aliphatic carbocycles. The molecule has 33 heavy (non-hydrogen) atoms. The summed E-state index contributed by atoms with van der Waals surface area (Å²) in [6.45, 7) is 0.302. The number of nitro benzene ring substituents is 1. The van der Waals surface area contributed by atoms with E-state index in [1.54, 1.807) is 24.3 Å². The summed E-state index contributed by atoms with van der Waals surface area (Å²) >= 11 is 5.84. The third-order valence-corrected chi connectivity index (χ3v) is 7.10. The lowest BCUT2D eigenvalue weighted by Crippen LogP contribution is -2.26. The van der Waals surface area contributed by atoms with Crippen LogP contribution in [-0.2, 0) is 28.0 Å². The van der Waals surface area contributed by atoms with Gasteiger partial charge in [0.2, 0.25) is 0 Å². The first-order chi connectivity index (χ1) is 15.8. The number of rotatable bonds is 7. The minimum Gasteiger partial charge on any atom is -0.489 e. The number of benzene rings is 3. The second-order valence-corrected chi connectivity index (χ2v) is 9.58. The zero-order chi connectivity index (χ0) is 23.6. The Labute approximate surface area is 195 Å². The SMILES string of the molecule is CN(c1ccc(OCc2cc([N+](=O)[O-])cc3c2OCOC3)cc1)S(=O)(=O)c1ccc(Cl)cc1. The Kier molecular flexibility index (Phi) is 6.41. The normalized spacial score (nSPS) is 13.0. The van der Waals surface area contributed by atoms with Crippen molar-refractivity contribution in [3.63, 3.8) is 0 Å². The Bertz CT molecular complexity index is 1280. The second kappa shape index (κ2) is 9.26. The maximum Gasteiger partial charge on any atom is 0.270 e. The Hall–Kier alpha value is -3.34. The summed E-state index contributed by atoms with van der Waals surface area (Å²) in [7, 11) is -2.31. The molecule has 0 N–H and O–H groups in total. The van der Waals surface area contributed by atoms with Gasteiger partial charge in [0.15, 0.2) is 6.79 Å². The maximum absolute atomic E-state index is 12.8. The molecule has 0 unspecified atom stereocenters. The highest BCUT2D eigenvalue weighted by molar-refractivity contribution is 7.92. The van der Waals surface area contributed by atoms with Gasteiger partial charge in [0, 0.05) is 35.3 Å². The number of nitrogens with zero attached hydrogens (tertiary/aromatic N) is 2. The van der Waals surface area contributed by atoms with Crippen molar-refractivity contribution >= 4 is 33.0 Å². The van der Waals surface area contributed by atoms with Crippen LogP contribution < -0.4 is 13.8 Å². The van der Waals surface area contributed by atoms with Crippen LogP contribution in [0.4, 0.5) is 11.4 Å². The van der Waals surface area contributed by atoms with Crippen LogP contribution in [0.1, 0.15) is 11.1 Å². The van der Waals surface area contributed by atoms with E-state index in [4.69, 9.17) is 25.8 Å². The van der Waals surface area contributed by atoms with Gasteiger partial charge in [-0.25, -0.2) is 8.42 Å². The molecule has 0 atom stereocenters. The predicted octanol–water partition coefficient (Wildman–Crippen LogP) is 4.52. The van der Waals surface area contributed by atoms with Gasteiger partial charge in [0.25, 0.3) is 15.7 Å². The number of halogens is 1. The van der Waals surface area contributed by atoms with Crippen LogP contribution >= 0.6 is 11.6 Å². The largest absolute Gasteiger partial charge is 0.489 e. The number of hydrogen-bond acceptors (Lipinski definition) is 7. The van der Waals surface area contributed by atoms with Gasteiger partial charge in [-0.05, 0) is 48.5 Å². The average molecular weight is 491 g/mol. The summed E-state index contributed by atoms with van der Waals surface area (Å²) in [5, 5.41) is 11.7. The van der Waals surface area contributed by atoms with Crippen molar-refractivity contribution in [2.45, 2.75) is 18.1 Å². The Morgan fingerprint density at radius 2 is 1.82 bits per heavy atom. The summed E-state index contributed by atoms with van der Waals surface area (Å²) < 4.78 is 43.3. The molecule has 0 bridgehead atoms. The summed E-state index contributed by atoms with van der Waals surface area (Å²) in [5.74, 6) is 0.973. The topological polar surface area (TPSA) is 108 Å². The van der Waals surface area contributed by atoms with Crippen molar-refractivity contribution in [2.75, 3.05) is 18.1 Å². The molecule has 1 aliphatic heterocycles. The first-order valence-corrected chi connectivity index (χ1v) is 11.6. The summed E-state index contributed by atoms with van der Waals surface area (Å²) in [6.07, 6.45) is 0. The van der Waals surface area contributed by atoms with Gasteiger partial charge in [-0.3, -0.25) is 14.4 Å². The van der Waals surface area contributed by atoms with Crippen molar-refractivity contribution in [1.82, 2.24) is 0 Å². The van der Waals surface area contributed by atoms with E-state index in [0.29, 0.717) is 33.3 Å². The van der Waals surface area contributed by atoms with Crippen molar-refractivity contribution in [3.8, 4) is 11.5 Å². The molecule has 0 aromatic heterocycles. The minimum absolute atomic E-state index is 0.0300. The van der Waals surface area contributed by atoms with E-state index in [-0.39, 0.29) is 30.6 Å². The standard InChI is InChI=1S/C22H19ClN2O7S/c1-24(33(28,29)21-8-2-17(23)3-9-21)18-4-6-20(7-5-18)31-13-16-11-19(25(26)27)10-15-12-30-14-32-22(15)16/h2-11H,12-14H2,1H3.